The molecule has 4 aromatic heterocycles. The first-order valence-electron chi connectivity index (χ1n) is 9.75. The zero-order valence-corrected chi connectivity index (χ0v) is 18.0. The van der Waals surface area contributed by atoms with E-state index in [1.54, 1.807) is 16.8 Å². The lowest BCUT2D eigenvalue weighted by Crippen LogP contribution is -2.40. The number of thiazole rings is 1. The molecular weight excluding hydrogens is 430 g/mol. The maximum absolute atomic E-state index is 13.5. The average Bonchev–Trinajstić information content (AvgIpc) is 3.37. The van der Waals surface area contributed by atoms with E-state index in [0.717, 1.165) is 27.0 Å². The molecule has 0 unspecified atom stereocenters. The normalized spacial score (nSPS) is 11.2. The van der Waals surface area contributed by atoms with Crippen molar-refractivity contribution in [3.05, 3.63) is 86.9 Å². The Morgan fingerprint density at radius 2 is 2.00 bits per heavy atom. The number of nitrogens with zero attached hydrogens (tertiary/aromatic N) is 5. The quantitative estimate of drug-likeness (QED) is 0.378. The summed E-state index contributed by atoms with van der Waals surface area (Å²) in [7, 11) is 0. The monoisotopic (exact) mass is 446 g/mol. The number of hydrogen-bond donors (Lipinski definition) is 0. The van der Waals surface area contributed by atoms with Gasteiger partial charge in [-0.25, -0.2) is 14.3 Å². The van der Waals surface area contributed by atoms with Gasteiger partial charge in [-0.3, -0.25) is 0 Å². The van der Waals surface area contributed by atoms with Crippen LogP contribution in [0.15, 0.2) is 72.0 Å². The molecule has 0 fully saturated rings. The van der Waals surface area contributed by atoms with Gasteiger partial charge in [0.15, 0.2) is 4.47 Å². The number of rotatable bonds is 5. The highest BCUT2D eigenvalue weighted by atomic mass is 35.5. The predicted molar refractivity (Wildman–Crippen MR) is 121 cm³/mol. The maximum atomic E-state index is 13.5. The van der Waals surface area contributed by atoms with Crippen LogP contribution >= 0.6 is 22.9 Å². The summed E-state index contributed by atoms with van der Waals surface area (Å²) in [6.07, 6.45) is 7.83. The number of halogens is 1. The molecule has 0 bridgehead atoms. The van der Waals surface area contributed by atoms with E-state index in [9.17, 15) is 4.79 Å². The standard InChI is InChI=1S/C23H17ClN5OS/c24-23-26-12-16(31-23)13-28-15-19(22(30)29-11-4-3-8-21(28)29)18-14-27(10-5-9-25)20-7-2-1-6-17(18)20/h1-4,6-8,11-12,14-15H,5,10,13H2/q+1. The number of pyridine rings is 1. The molecular formula is C23H17ClN5OS+. The highest BCUT2D eigenvalue weighted by Crippen LogP contribution is 2.29. The van der Waals surface area contributed by atoms with Gasteiger partial charge in [0.25, 0.3) is 5.65 Å². The summed E-state index contributed by atoms with van der Waals surface area (Å²) in [6, 6.07) is 15.8. The van der Waals surface area contributed by atoms with Crippen LogP contribution in [0, 0.1) is 11.3 Å². The number of nitriles is 1. The Bertz CT molecular complexity index is 1520. The number of hydrogen-bond acceptors (Lipinski definition) is 4. The Morgan fingerprint density at radius 1 is 1.16 bits per heavy atom. The molecule has 0 aliphatic rings. The molecule has 0 saturated carbocycles. The Labute approximate surface area is 186 Å². The third-order valence-electron chi connectivity index (χ3n) is 5.26. The molecule has 0 atom stereocenters. The molecule has 0 N–H and O–H groups in total. The first kappa shape index (κ1) is 19.5. The molecule has 5 rings (SSSR count). The molecule has 8 heteroatoms. The Hall–Kier alpha value is -3.47. The maximum Gasteiger partial charge on any atom is 0.350 e. The second kappa shape index (κ2) is 7.99. The van der Waals surface area contributed by atoms with E-state index in [1.165, 1.54) is 11.3 Å². The van der Waals surface area contributed by atoms with Crippen molar-refractivity contribution >= 4 is 39.5 Å². The number of benzene rings is 1. The average molecular weight is 447 g/mol. The Kier molecular flexibility index (Phi) is 5.02. The Balaban J connectivity index is 1.75. The lowest BCUT2D eigenvalue weighted by atomic mass is 10.1. The van der Waals surface area contributed by atoms with E-state index in [1.807, 2.05) is 64.0 Å². The summed E-state index contributed by atoms with van der Waals surface area (Å²) in [5.41, 5.74) is 3.16. The second-order valence-corrected chi connectivity index (χ2v) is 8.84. The fourth-order valence-electron chi connectivity index (χ4n) is 3.90. The van der Waals surface area contributed by atoms with Gasteiger partial charge in [-0.15, -0.1) is 11.3 Å². The highest BCUT2D eigenvalue weighted by molar-refractivity contribution is 7.15. The van der Waals surface area contributed by atoms with E-state index in [4.69, 9.17) is 16.9 Å². The molecule has 0 aliphatic carbocycles. The molecule has 0 amide bonds. The first-order chi connectivity index (χ1) is 15.2. The van der Waals surface area contributed by atoms with Crippen molar-refractivity contribution in [2.75, 3.05) is 0 Å². The topological polar surface area (TPSA) is 67.0 Å². The molecule has 152 valence electrons. The number of para-hydroxylation sites is 1. The van der Waals surface area contributed by atoms with Gasteiger partial charge in [0.05, 0.1) is 23.6 Å². The van der Waals surface area contributed by atoms with Crippen LogP contribution in [-0.4, -0.2) is 14.0 Å². The van der Waals surface area contributed by atoms with E-state index < -0.39 is 0 Å². The zero-order chi connectivity index (χ0) is 21.4. The second-order valence-electron chi connectivity index (χ2n) is 7.15. The van der Waals surface area contributed by atoms with Crippen molar-refractivity contribution in [3.63, 3.8) is 0 Å². The molecule has 4 heterocycles. The molecule has 0 saturated heterocycles. The van der Waals surface area contributed by atoms with Gasteiger partial charge in [0, 0.05) is 41.5 Å². The van der Waals surface area contributed by atoms with Crippen molar-refractivity contribution in [3.8, 4) is 17.2 Å². The van der Waals surface area contributed by atoms with Gasteiger partial charge in [0.2, 0.25) is 0 Å². The summed E-state index contributed by atoms with van der Waals surface area (Å²) in [6.45, 7) is 1.13. The first-order valence-corrected chi connectivity index (χ1v) is 10.9. The molecule has 0 spiro atoms. The van der Waals surface area contributed by atoms with Gasteiger partial charge >= 0.3 is 5.56 Å². The molecule has 0 aliphatic heterocycles. The minimum absolute atomic E-state index is 0.0858. The SMILES string of the molecule is N#CCCn1cc(-c2c[n+](Cc3cnc(Cl)s3)c3ccccn3c2=O)c2ccccc21. The van der Waals surface area contributed by atoms with Crippen LogP contribution in [0.2, 0.25) is 4.47 Å². The van der Waals surface area contributed by atoms with Gasteiger partial charge in [-0.1, -0.05) is 35.9 Å². The van der Waals surface area contributed by atoms with Crippen molar-refractivity contribution in [2.24, 2.45) is 0 Å². The van der Waals surface area contributed by atoms with E-state index in [-0.39, 0.29) is 5.56 Å². The molecule has 31 heavy (non-hydrogen) atoms. The van der Waals surface area contributed by atoms with Gasteiger partial charge < -0.3 is 4.57 Å². The molecule has 6 nitrogen and oxygen atoms in total. The minimum Gasteiger partial charge on any atom is -0.346 e. The van der Waals surface area contributed by atoms with Crippen LogP contribution in [0.25, 0.3) is 27.7 Å². The van der Waals surface area contributed by atoms with E-state index in [2.05, 4.69) is 11.1 Å². The smallest absolute Gasteiger partial charge is 0.346 e. The predicted octanol–water partition coefficient (Wildman–Crippen LogP) is 4.28. The lowest BCUT2D eigenvalue weighted by Gasteiger charge is -2.05. The van der Waals surface area contributed by atoms with Gasteiger partial charge in [-0.2, -0.15) is 9.66 Å². The van der Waals surface area contributed by atoms with Crippen LogP contribution in [0.3, 0.4) is 0 Å². The van der Waals surface area contributed by atoms with Crippen LogP contribution < -0.4 is 10.1 Å². The van der Waals surface area contributed by atoms with Crippen LogP contribution in [0.5, 0.6) is 0 Å². The fourth-order valence-corrected chi connectivity index (χ4v) is 4.88. The minimum atomic E-state index is -0.0858. The fraction of sp³-hybridized carbons (Fsp3) is 0.130. The number of aromatic nitrogens is 4. The Morgan fingerprint density at radius 3 is 2.81 bits per heavy atom. The zero-order valence-electron chi connectivity index (χ0n) is 16.4. The highest BCUT2D eigenvalue weighted by Gasteiger charge is 2.21. The third-order valence-corrected chi connectivity index (χ3v) is 6.36. The summed E-state index contributed by atoms with van der Waals surface area (Å²) in [4.78, 5) is 18.6. The summed E-state index contributed by atoms with van der Waals surface area (Å²) in [5, 5.41) is 10.0. The number of fused-ring (bicyclic) bond motifs is 2. The van der Waals surface area contributed by atoms with Gasteiger partial charge in [0.1, 0.15) is 18.3 Å². The van der Waals surface area contributed by atoms with Crippen molar-refractivity contribution in [1.29, 1.82) is 5.26 Å². The van der Waals surface area contributed by atoms with Crippen LogP contribution in [0.1, 0.15) is 11.3 Å². The van der Waals surface area contributed by atoms with E-state index in [0.29, 0.717) is 29.5 Å². The molecule has 1 aromatic carbocycles. The molecule has 5 aromatic rings. The van der Waals surface area contributed by atoms with Crippen molar-refractivity contribution < 1.29 is 4.57 Å². The van der Waals surface area contributed by atoms with Crippen LogP contribution in [-0.2, 0) is 13.1 Å². The van der Waals surface area contributed by atoms with Crippen LogP contribution in [0.4, 0.5) is 0 Å². The molecule has 0 radical (unpaired) electrons. The summed E-state index contributed by atoms with van der Waals surface area (Å²) in [5.74, 6) is 0. The van der Waals surface area contributed by atoms with Crippen molar-refractivity contribution in [2.45, 2.75) is 19.5 Å². The summed E-state index contributed by atoms with van der Waals surface area (Å²) < 4.78 is 6.25. The summed E-state index contributed by atoms with van der Waals surface area (Å²) >= 11 is 7.45. The van der Waals surface area contributed by atoms with Gasteiger partial charge in [-0.05, 0) is 12.1 Å². The van der Waals surface area contributed by atoms with E-state index >= 15 is 0 Å². The lowest BCUT2D eigenvalue weighted by molar-refractivity contribution is -0.664. The van der Waals surface area contributed by atoms with Crippen molar-refractivity contribution in [1.82, 2.24) is 14.0 Å². The number of aryl methyl sites for hydroxylation is 1. The third kappa shape index (κ3) is 3.50. The largest absolute Gasteiger partial charge is 0.350 e.